The highest BCUT2D eigenvalue weighted by atomic mass is 35.5. The van der Waals surface area contributed by atoms with Gasteiger partial charge < -0.3 is 14.8 Å². The van der Waals surface area contributed by atoms with Crippen LogP contribution in [0.25, 0.3) is 16.2 Å². The molecule has 0 spiro atoms. The summed E-state index contributed by atoms with van der Waals surface area (Å²) in [6.07, 6.45) is 3.18. The quantitative estimate of drug-likeness (QED) is 0.623. The number of hydrogen-bond acceptors (Lipinski definition) is 4. The molecule has 3 rings (SSSR count). The summed E-state index contributed by atoms with van der Waals surface area (Å²) in [4.78, 5) is 13.1. The molecule has 0 saturated heterocycles. The second kappa shape index (κ2) is 7.59. The molecule has 0 aliphatic carbocycles. The molecule has 0 saturated carbocycles. The van der Waals surface area contributed by atoms with E-state index >= 15 is 0 Å². The lowest BCUT2D eigenvalue weighted by Crippen LogP contribution is -2.08. The van der Waals surface area contributed by atoms with Crippen LogP contribution in [0.2, 0.25) is 5.02 Å². The van der Waals surface area contributed by atoms with E-state index in [0.29, 0.717) is 22.2 Å². The van der Waals surface area contributed by atoms with Gasteiger partial charge in [-0.1, -0.05) is 29.8 Å². The Bertz CT molecular complexity index is 949. The van der Waals surface area contributed by atoms with Gasteiger partial charge in [0.25, 0.3) is 0 Å². The largest absolute Gasteiger partial charge is 0.497 e. The maximum absolute atomic E-state index is 12.2. The van der Waals surface area contributed by atoms with Gasteiger partial charge in [-0.3, -0.25) is 4.79 Å². The summed E-state index contributed by atoms with van der Waals surface area (Å²) in [7, 11) is 3.11. The summed E-state index contributed by atoms with van der Waals surface area (Å²) in [6.45, 7) is 0. The highest BCUT2D eigenvalue weighted by molar-refractivity contribution is 7.20. The molecule has 25 heavy (non-hydrogen) atoms. The standard InChI is InChI=1S/C19H16ClNO3S/c1-23-12-7-8-14(15(11-12)24-2)21-18(22)10-9-17-19(20)13-5-3-4-6-16(13)25-17/h3-11H,1-2H3,(H,21,22)/b10-9+. The van der Waals surface area contributed by atoms with Crippen molar-refractivity contribution in [1.29, 1.82) is 0 Å². The third-order valence-corrected chi connectivity index (χ3v) is 5.27. The van der Waals surface area contributed by atoms with E-state index in [9.17, 15) is 4.79 Å². The van der Waals surface area contributed by atoms with E-state index in [4.69, 9.17) is 21.1 Å². The van der Waals surface area contributed by atoms with Crippen LogP contribution in [0.15, 0.2) is 48.5 Å². The topological polar surface area (TPSA) is 47.6 Å². The Kier molecular flexibility index (Phi) is 5.26. The van der Waals surface area contributed by atoms with Crippen LogP contribution in [0, 0.1) is 0 Å². The van der Waals surface area contributed by atoms with Crippen LogP contribution in [0.1, 0.15) is 4.88 Å². The van der Waals surface area contributed by atoms with Gasteiger partial charge in [0.15, 0.2) is 0 Å². The Labute approximate surface area is 154 Å². The van der Waals surface area contributed by atoms with Gasteiger partial charge in [-0.05, 0) is 24.3 Å². The first-order valence-electron chi connectivity index (χ1n) is 7.50. The summed E-state index contributed by atoms with van der Waals surface area (Å²) in [6, 6.07) is 13.1. The number of carbonyl (C=O) groups is 1. The lowest BCUT2D eigenvalue weighted by molar-refractivity contribution is -0.111. The number of rotatable bonds is 5. The van der Waals surface area contributed by atoms with Crippen molar-refractivity contribution >= 4 is 50.7 Å². The summed E-state index contributed by atoms with van der Waals surface area (Å²) >= 11 is 7.92. The van der Waals surface area contributed by atoms with Crippen molar-refractivity contribution in [2.24, 2.45) is 0 Å². The zero-order valence-electron chi connectivity index (χ0n) is 13.7. The normalized spacial score (nSPS) is 11.0. The van der Waals surface area contributed by atoms with Gasteiger partial charge in [-0.25, -0.2) is 0 Å². The number of fused-ring (bicyclic) bond motifs is 1. The van der Waals surface area contributed by atoms with Crippen LogP contribution >= 0.6 is 22.9 Å². The highest BCUT2D eigenvalue weighted by Crippen LogP contribution is 2.36. The van der Waals surface area contributed by atoms with E-state index in [1.165, 1.54) is 13.2 Å². The number of methoxy groups -OCH3 is 2. The molecule has 4 nitrogen and oxygen atoms in total. The smallest absolute Gasteiger partial charge is 0.248 e. The molecule has 128 valence electrons. The number of nitrogens with one attached hydrogen (secondary N) is 1. The fourth-order valence-corrected chi connectivity index (χ4v) is 3.77. The van der Waals surface area contributed by atoms with Crippen molar-refractivity contribution in [3.8, 4) is 11.5 Å². The fourth-order valence-electron chi connectivity index (χ4n) is 2.37. The minimum Gasteiger partial charge on any atom is -0.497 e. The van der Waals surface area contributed by atoms with Crippen molar-refractivity contribution in [3.63, 3.8) is 0 Å². The van der Waals surface area contributed by atoms with Crippen LogP contribution < -0.4 is 14.8 Å². The molecular weight excluding hydrogens is 358 g/mol. The summed E-state index contributed by atoms with van der Waals surface area (Å²) in [5, 5.41) is 4.44. The van der Waals surface area contributed by atoms with Gasteiger partial charge >= 0.3 is 0 Å². The summed E-state index contributed by atoms with van der Waals surface area (Å²) < 4.78 is 11.5. The molecule has 3 aromatic rings. The molecule has 1 amide bonds. The predicted molar refractivity (Wildman–Crippen MR) is 104 cm³/mol. The average molecular weight is 374 g/mol. The van der Waals surface area contributed by atoms with E-state index in [1.54, 1.807) is 42.7 Å². The van der Waals surface area contributed by atoms with E-state index in [-0.39, 0.29) is 5.91 Å². The first-order valence-corrected chi connectivity index (χ1v) is 8.70. The molecule has 0 bridgehead atoms. The second-order valence-electron chi connectivity index (χ2n) is 5.17. The van der Waals surface area contributed by atoms with E-state index in [0.717, 1.165) is 15.0 Å². The summed E-state index contributed by atoms with van der Waals surface area (Å²) in [5.41, 5.74) is 0.570. The number of carbonyl (C=O) groups excluding carboxylic acids is 1. The fraction of sp³-hybridized carbons (Fsp3) is 0.105. The number of thiophene rings is 1. The molecule has 0 fully saturated rings. The number of halogens is 1. The van der Waals surface area contributed by atoms with Crippen LogP contribution in [0.3, 0.4) is 0 Å². The van der Waals surface area contributed by atoms with Gasteiger partial charge in [0, 0.05) is 27.1 Å². The second-order valence-corrected chi connectivity index (χ2v) is 6.63. The van der Waals surface area contributed by atoms with Crippen LogP contribution in [-0.4, -0.2) is 20.1 Å². The van der Waals surface area contributed by atoms with Crippen molar-refractivity contribution in [2.75, 3.05) is 19.5 Å². The number of hydrogen-bond donors (Lipinski definition) is 1. The number of ether oxygens (including phenoxy) is 2. The predicted octanol–water partition coefficient (Wildman–Crippen LogP) is 5.22. The average Bonchev–Trinajstić information content (AvgIpc) is 2.96. The van der Waals surface area contributed by atoms with Crippen molar-refractivity contribution < 1.29 is 14.3 Å². The summed E-state index contributed by atoms with van der Waals surface area (Å²) in [5.74, 6) is 0.917. The minimum absolute atomic E-state index is 0.267. The molecule has 0 aliphatic heterocycles. The molecule has 0 atom stereocenters. The zero-order chi connectivity index (χ0) is 17.8. The molecule has 1 heterocycles. The van der Waals surface area contributed by atoms with Crippen LogP contribution in [0.4, 0.5) is 5.69 Å². The van der Waals surface area contributed by atoms with Gasteiger partial charge in [0.2, 0.25) is 5.91 Å². The Morgan fingerprint density at radius 2 is 1.96 bits per heavy atom. The zero-order valence-corrected chi connectivity index (χ0v) is 15.3. The first-order chi connectivity index (χ1) is 12.1. The molecule has 0 radical (unpaired) electrons. The molecule has 1 aromatic heterocycles. The Morgan fingerprint density at radius 1 is 1.16 bits per heavy atom. The third-order valence-electron chi connectivity index (χ3n) is 3.61. The molecule has 1 N–H and O–H groups in total. The maximum atomic E-state index is 12.2. The van der Waals surface area contributed by atoms with Crippen molar-refractivity contribution in [3.05, 3.63) is 58.4 Å². The van der Waals surface area contributed by atoms with Crippen LogP contribution in [0.5, 0.6) is 11.5 Å². The van der Waals surface area contributed by atoms with Gasteiger partial charge in [-0.2, -0.15) is 0 Å². The number of amides is 1. The molecular formula is C19H16ClNO3S. The number of anilines is 1. The lowest BCUT2D eigenvalue weighted by atomic mass is 10.2. The minimum atomic E-state index is -0.267. The van der Waals surface area contributed by atoms with Crippen molar-refractivity contribution in [1.82, 2.24) is 0 Å². The molecule has 6 heteroatoms. The molecule has 2 aromatic carbocycles. The SMILES string of the molecule is COc1ccc(NC(=O)/C=C/c2sc3ccccc3c2Cl)c(OC)c1. The van der Waals surface area contributed by atoms with E-state index in [2.05, 4.69) is 5.32 Å². The Morgan fingerprint density at radius 3 is 2.68 bits per heavy atom. The van der Waals surface area contributed by atoms with Gasteiger partial charge in [-0.15, -0.1) is 11.3 Å². The van der Waals surface area contributed by atoms with Gasteiger partial charge in [0.05, 0.1) is 24.9 Å². The number of benzene rings is 2. The van der Waals surface area contributed by atoms with Gasteiger partial charge in [0.1, 0.15) is 11.5 Å². The maximum Gasteiger partial charge on any atom is 0.248 e. The molecule has 0 unspecified atom stereocenters. The Hall–Kier alpha value is -2.50. The third kappa shape index (κ3) is 3.78. The monoisotopic (exact) mass is 373 g/mol. The Balaban J connectivity index is 1.78. The molecule has 0 aliphatic rings. The highest BCUT2D eigenvalue weighted by Gasteiger charge is 2.09. The van der Waals surface area contributed by atoms with E-state index in [1.807, 2.05) is 24.3 Å². The van der Waals surface area contributed by atoms with E-state index < -0.39 is 0 Å². The first kappa shape index (κ1) is 17.3. The lowest BCUT2D eigenvalue weighted by Gasteiger charge is -2.10. The van der Waals surface area contributed by atoms with Crippen LogP contribution in [-0.2, 0) is 4.79 Å². The van der Waals surface area contributed by atoms with Crippen molar-refractivity contribution in [2.45, 2.75) is 0 Å².